The molecular weight excluding hydrogens is 454 g/mol. The Morgan fingerprint density at radius 3 is 2.50 bits per heavy atom. The van der Waals surface area contributed by atoms with Gasteiger partial charge in [-0.25, -0.2) is 17.7 Å². The van der Waals surface area contributed by atoms with Crippen molar-refractivity contribution in [3.05, 3.63) is 77.4 Å². The Morgan fingerprint density at radius 2 is 1.88 bits per heavy atom. The third kappa shape index (κ3) is 4.15. The highest BCUT2D eigenvalue weighted by Gasteiger charge is 2.21. The molecule has 0 fully saturated rings. The number of aromatic nitrogens is 2. The van der Waals surface area contributed by atoms with Crippen molar-refractivity contribution >= 4 is 33.5 Å². The Hall–Kier alpha value is -3.12. The minimum absolute atomic E-state index is 0.268. The lowest BCUT2D eigenvalue weighted by Crippen LogP contribution is -2.34. The van der Waals surface area contributed by atoms with Crippen LogP contribution in [0.25, 0.3) is 28.0 Å². The molecule has 1 unspecified atom stereocenters. The van der Waals surface area contributed by atoms with Crippen LogP contribution in [0.5, 0.6) is 0 Å². The van der Waals surface area contributed by atoms with Gasteiger partial charge in [0.25, 0.3) is 0 Å². The summed E-state index contributed by atoms with van der Waals surface area (Å²) < 4.78 is 42.2. The third-order valence-electron chi connectivity index (χ3n) is 4.89. The number of pyridine rings is 1. The fourth-order valence-electron chi connectivity index (χ4n) is 3.42. The van der Waals surface area contributed by atoms with Gasteiger partial charge >= 0.3 is 0 Å². The normalized spacial score (nSPS) is 12.2. The monoisotopic (exact) mass is 470 g/mol. The second-order valence-corrected chi connectivity index (χ2v) is 8.62. The molecule has 9 heteroatoms. The highest BCUT2D eigenvalue weighted by molar-refractivity contribution is 7.83. The molecule has 2 heterocycles. The van der Waals surface area contributed by atoms with Crippen LogP contribution in [-0.4, -0.2) is 33.2 Å². The van der Waals surface area contributed by atoms with Gasteiger partial charge in [0.15, 0.2) is 0 Å². The predicted octanol–water partition coefficient (Wildman–Crippen LogP) is 5.14. The molecule has 5 nitrogen and oxygen atoms in total. The zero-order valence-corrected chi connectivity index (χ0v) is 18.2. The van der Waals surface area contributed by atoms with Gasteiger partial charge in [-0.3, -0.25) is 4.98 Å². The van der Waals surface area contributed by atoms with E-state index in [1.807, 2.05) is 41.0 Å². The lowest BCUT2D eigenvalue weighted by atomic mass is 10.1. The van der Waals surface area contributed by atoms with Crippen molar-refractivity contribution in [2.75, 3.05) is 13.3 Å². The maximum atomic E-state index is 12.7. The fourth-order valence-corrected chi connectivity index (χ4v) is 4.50. The number of para-hydroxylation sites is 1. The van der Waals surface area contributed by atoms with Crippen molar-refractivity contribution in [1.29, 1.82) is 5.26 Å². The highest BCUT2D eigenvalue weighted by atomic mass is 35.5. The minimum Gasteiger partial charge on any atom is -0.307 e. The fraction of sp³-hybridized carbons (Fsp3) is 0.130. The van der Waals surface area contributed by atoms with Crippen molar-refractivity contribution in [3.8, 4) is 23.1 Å². The number of hydrogen-bond acceptors (Lipinski definition) is 3. The largest absolute Gasteiger partial charge is 0.307 e. The van der Waals surface area contributed by atoms with Crippen LogP contribution in [0, 0.1) is 11.3 Å². The SMILES string of the molecule is N#Cc1c(-c2ccc(S(=O)NC(CF)CF)cn2)n(-c2ccccc2)c2ccc(Cl)cc12. The first-order valence-corrected chi connectivity index (χ1v) is 11.2. The van der Waals surface area contributed by atoms with E-state index in [9.17, 15) is 18.3 Å². The molecule has 0 aliphatic carbocycles. The summed E-state index contributed by atoms with van der Waals surface area (Å²) in [5.41, 5.74) is 3.07. The first-order chi connectivity index (χ1) is 15.6. The molecular formula is C23H17ClF2N4OS. The molecule has 0 amide bonds. The average Bonchev–Trinajstić information content (AvgIpc) is 3.16. The number of fused-ring (bicyclic) bond motifs is 1. The summed E-state index contributed by atoms with van der Waals surface area (Å²) in [6.07, 6.45) is 1.37. The molecule has 1 N–H and O–H groups in total. The molecule has 0 saturated carbocycles. The average molecular weight is 471 g/mol. The summed E-state index contributed by atoms with van der Waals surface area (Å²) >= 11 is 6.19. The van der Waals surface area contributed by atoms with Gasteiger partial charge in [-0.05, 0) is 42.5 Å². The van der Waals surface area contributed by atoms with Crippen LogP contribution in [-0.2, 0) is 11.0 Å². The first-order valence-electron chi connectivity index (χ1n) is 9.63. The Bertz CT molecular complexity index is 1320. The van der Waals surface area contributed by atoms with E-state index >= 15 is 0 Å². The van der Waals surface area contributed by atoms with E-state index in [2.05, 4.69) is 15.8 Å². The van der Waals surface area contributed by atoms with Crippen LogP contribution >= 0.6 is 11.6 Å². The molecule has 0 saturated heterocycles. The van der Waals surface area contributed by atoms with Crippen LogP contribution in [0.2, 0.25) is 5.02 Å². The number of nitriles is 1. The van der Waals surface area contributed by atoms with E-state index in [0.717, 1.165) is 11.2 Å². The zero-order chi connectivity index (χ0) is 22.7. The van der Waals surface area contributed by atoms with Gasteiger partial charge in [0, 0.05) is 22.3 Å². The number of hydrogen-bond donors (Lipinski definition) is 1. The molecule has 0 radical (unpaired) electrons. The van der Waals surface area contributed by atoms with Crippen LogP contribution in [0.4, 0.5) is 8.78 Å². The molecule has 0 bridgehead atoms. The van der Waals surface area contributed by atoms with Gasteiger partial charge in [0.05, 0.1) is 33.4 Å². The van der Waals surface area contributed by atoms with E-state index < -0.39 is 30.4 Å². The Labute approximate surface area is 190 Å². The Morgan fingerprint density at radius 1 is 1.12 bits per heavy atom. The number of rotatable bonds is 7. The van der Waals surface area contributed by atoms with E-state index in [4.69, 9.17) is 11.6 Å². The van der Waals surface area contributed by atoms with Gasteiger partial charge in [0.1, 0.15) is 30.4 Å². The third-order valence-corrected chi connectivity index (χ3v) is 6.35. The lowest BCUT2D eigenvalue weighted by Gasteiger charge is -2.12. The number of halogens is 3. The van der Waals surface area contributed by atoms with Gasteiger partial charge in [-0.15, -0.1) is 0 Å². The molecule has 162 valence electrons. The molecule has 4 rings (SSSR count). The summed E-state index contributed by atoms with van der Waals surface area (Å²) in [4.78, 5) is 4.68. The first kappa shape index (κ1) is 22.1. The summed E-state index contributed by atoms with van der Waals surface area (Å²) in [6, 6.07) is 19.1. The summed E-state index contributed by atoms with van der Waals surface area (Å²) in [7, 11) is -1.83. The molecule has 0 aliphatic heterocycles. The smallest absolute Gasteiger partial charge is 0.126 e. The minimum atomic E-state index is -1.83. The Balaban J connectivity index is 1.86. The topological polar surface area (TPSA) is 70.7 Å². The molecule has 32 heavy (non-hydrogen) atoms. The van der Waals surface area contributed by atoms with E-state index in [-0.39, 0.29) is 4.90 Å². The number of nitrogens with one attached hydrogen (secondary N) is 1. The molecule has 1 atom stereocenters. The zero-order valence-electron chi connectivity index (χ0n) is 16.6. The van der Waals surface area contributed by atoms with Crippen molar-refractivity contribution in [2.45, 2.75) is 10.9 Å². The van der Waals surface area contributed by atoms with Gasteiger partial charge in [-0.2, -0.15) is 5.26 Å². The van der Waals surface area contributed by atoms with Gasteiger partial charge in [-0.1, -0.05) is 29.8 Å². The molecule has 0 spiro atoms. The van der Waals surface area contributed by atoms with Crippen LogP contribution in [0.15, 0.2) is 71.8 Å². The van der Waals surface area contributed by atoms with Crippen molar-refractivity contribution in [2.24, 2.45) is 0 Å². The van der Waals surface area contributed by atoms with E-state index in [1.165, 1.54) is 6.20 Å². The maximum absolute atomic E-state index is 12.7. The molecule has 2 aromatic carbocycles. The number of benzene rings is 2. The quantitative estimate of drug-likeness (QED) is 0.406. The van der Waals surface area contributed by atoms with E-state index in [0.29, 0.717) is 27.4 Å². The number of alkyl halides is 2. The van der Waals surface area contributed by atoms with Gasteiger partial charge in [0.2, 0.25) is 0 Å². The van der Waals surface area contributed by atoms with Crippen LogP contribution in [0.1, 0.15) is 5.56 Å². The van der Waals surface area contributed by atoms with Crippen LogP contribution in [0.3, 0.4) is 0 Å². The van der Waals surface area contributed by atoms with Crippen molar-refractivity contribution in [1.82, 2.24) is 14.3 Å². The summed E-state index contributed by atoms with van der Waals surface area (Å²) in [5, 5.41) is 11.2. The van der Waals surface area contributed by atoms with Crippen LogP contribution < -0.4 is 4.72 Å². The standard InChI is InChI=1S/C23H17ClF2N4OS/c24-15-6-9-22-19(10-15)20(13-27)23(30(22)17-4-2-1-3-5-17)21-8-7-18(14-28-21)32(31)29-16(11-25)12-26/h1-10,14,16,29H,11-12H2. The second kappa shape index (κ2) is 9.57. The van der Waals surface area contributed by atoms with E-state index in [1.54, 1.807) is 24.3 Å². The Kier molecular flexibility index (Phi) is 6.61. The molecule has 0 aliphatic rings. The van der Waals surface area contributed by atoms with Gasteiger partial charge < -0.3 is 4.57 Å². The maximum Gasteiger partial charge on any atom is 0.126 e. The highest BCUT2D eigenvalue weighted by Crippen LogP contribution is 2.36. The molecule has 2 aromatic heterocycles. The molecule has 4 aromatic rings. The predicted molar refractivity (Wildman–Crippen MR) is 122 cm³/mol. The summed E-state index contributed by atoms with van der Waals surface area (Å²) in [6.45, 7) is -1.95. The van der Waals surface area contributed by atoms with Crippen molar-refractivity contribution < 1.29 is 13.0 Å². The van der Waals surface area contributed by atoms with Crippen molar-refractivity contribution in [3.63, 3.8) is 0 Å². The summed E-state index contributed by atoms with van der Waals surface area (Å²) in [5.74, 6) is 0. The second-order valence-electron chi connectivity index (χ2n) is 6.94. The lowest BCUT2D eigenvalue weighted by molar-refractivity contribution is 0.338. The number of nitrogens with zero attached hydrogens (tertiary/aromatic N) is 3.